The summed E-state index contributed by atoms with van der Waals surface area (Å²) in [4.78, 5) is 0. The molecule has 0 radical (unpaired) electrons. The van der Waals surface area contributed by atoms with E-state index in [1.165, 1.54) is 29.3 Å². The van der Waals surface area contributed by atoms with Gasteiger partial charge in [-0.3, -0.25) is 0 Å². The number of aromatic nitrogens is 1. The third kappa shape index (κ3) is 2.02. The van der Waals surface area contributed by atoms with Crippen molar-refractivity contribution in [2.75, 3.05) is 0 Å². The molecule has 1 aromatic carbocycles. The first-order chi connectivity index (χ1) is 8.09. The van der Waals surface area contributed by atoms with Crippen LogP contribution in [0.1, 0.15) is 24.8 Å². The molecule has 3 rings (SSSR count). The number of nitrogens with zero attached hydrogens (tertiary/aromatic N) is 1. The fraction of sp³-hybridized carbons (Fsp3) is 0.429. The Labute approximate surface area is 110 Å². The molecule has 1 heterocycles. The number of hydrogen-bond donors (Lipinski definition) is 1. The van der Waals surface area contributed by atoms with E-state index in [1.54, 1.807) is 0 Å². The van der Waals surface area contributed by atoms with E-state index >= 15 is 0 Å². The minimum absolute atomic E-state index is 0.147. The van der Waals surface area contributed by atoms with E-state index in [1.807, 2.05) is 0 Å². The van der Waals surface area contributed by atoms with Crippen LogP contribution in [0.4, 0.5) is 0 Å². The van der Waals surface area contributed by atoms with E-state index < -0.39 is 0 Å². The molecule has 0 atom stereocenters. The predicted octanol–water partition coefficient (Wildman–Crippen LogP) is 3.36. The fourth-order valence-corrected chi connectivity index (χ4v) is 3.14. The predicted molar refractivity (Wildman–Crippen MR) is 75.1 cm³/mol. The summed E-state index contributed by atoms with van der Waals surface area (Å²) in [6.45, 7) is 0. The van der Waals surface area contributed by atoms with E-state index in [9.17, 15) is 0 Å². The van der Waals surface area contributed by atoms with Crippen LogP contribution >= 0.6 is 15.9 Å². The maximum Gasteiger partial charge on any atom is 0.0624 e. The number of fused-ring (bicyclic) bond motifs is 1. The van der Waals surface area contributed by atoms with Crippen molar-refractivity contribution in [1.82, 2.24) is 4.57 Å². The van der Waals surface area contributed by atoms with Gasteiger partial charge in [0.05, 0.1) is 5.52 Å². The summed E-state index contributed by atoms with van der Waals surface area (Å²) < 4.78 is 3.36. The molecule has 17 heavy (non-hydrogen) atoms. The van der Waals surface area contributed by atoms with Crippen molar-refractivity contribution in [3.8, 4) is 0 Å². The number of para-hydroxylation sites is 1. The summed E-state index contributed by atoms with van der Waals surface area (Å²) in [6, 6.07) is 6.40. The van der Waals surface area contributed by atoms with Gasteiger partial charge < -0.3 is 10.3 Å². The van der Waals surface area contributed by atoms with E-state index in [-0.39, 0.29) is 5.54 Å². The number of halogens is 1. The monoisotopic (exact) mass is 292 g/mol. The molecular weight excluding hydrogens is 276 g/mol. The van der Waals surface area contributed by atoms with Crippen LogP contribution in [0.2, 0.25) is 0 Å². The minimum atomic E-state index is 0.147. The highest BCUT2D eigenvalue weighted by Gasteiger charge is 2.37. The van der Waals surface area contributed by atoms with Crippen LogP contribution in [0.5, 0.6) is 0 Å². The molecule has 1 fully saturated rings. The van der Waals surface area contributed by atoms with Gasteiger partial charge in [0.1, 0.15) is 0 Å². The number of nitrogens with two attached hydrogens (primary N) is 1. The normalized spacial score (nSPS) is 17.6. The van der Waals surface area contributed by atoms with Crippen LogP contribution in [-0.2, 0) is 13.5 Å². The molecule has 1 aromatic heterocycles. The van der Waals surface area contributed by atoms with Crippen LogP contribution in [0.25, 0.3) is 10.9 Å². The van der Waals surface area contributed by atoms with Crippen molar-refractivity contribution in [2.24, 2.45) is 12.8 Å². The van der Waals surface area contributed by atoms with Gasteiger partial charge in [0.25, 0.3) is 0 Å². The van der Waals surface area contributed by atoms with Gasteiger partial charge in [0.2, 0.25) is 0 Å². The molecule has 1 aliphatic carbocycles. The number of aryl methyl sites for hydroxylation is 2. The lowest BCUT2D eigenvalue weighted by atomic mass is 10.0. The lowest BCUT2D eigenvalue weighted by Crippen LogP contribution is -2.21. The molecule has 1 saturated carbocycles. The SMILES string of the molecule is Cn1cc(CCC2(N)CC2)c2cccc(Br)c21. The molecule has 0 saturated heterocycles. The topological polar surface area (TPSA) is 30.9 Å². The average Bonchev–Trinajstić information content (AvgIpc) is 2.93. The summed E-state index contributed by atoms with van der Waals surface area (Å²) in [5.41, 5.74) is 9.01. The van der Waals surface area contributed by atoms with Crippen molar-refractivity contribution in [3.05, 3.63) is 34.4 Å². The van der Waals surface area contributed by atoms with Gasteiger partial charge in [-0.2, -0.15) is 0 Å². The Morgan fingerprint density at radius 1 is 1.41 bits per heavy atom. The molecule has 2 nitrogen and oxygen atoms in total. The molecule has 90 valence electrons. The zero-order chi connectivity index (χ0) is 12.0. The Morgan fingerprint density at radius 3 is 2.88 bits per heavy atom. The summed E-state index contributed by atoms with van der Waals surface area (Å²) in [5.74, 6) is 0. The molecule has 1 aliphatic rings. The highest BCUT2D eigenvalue weighted by molar-refractivity contribution is 9.10. The smallest absolute Gasteiger partial charge is 0.0624 e. The van der Waals surface area contributed by atoms with Gasteiger partial charge >= 0.3 is 0 Å². The van der Waals surface area contributed by atoms with Gasteiger partial charge in [0.15, 0.2) is 0 Å². The number of rotatable bonds is 3. The quantitative estimate of drug-likeness (QED) is 0.924. The van der Waals surface area contributed by atoms with Gasteiger partial charge in [-0.1, -0.05) is 12.1 Å². The second-order valence-corrected chi connectivity index (χ2v) is 6.12. The highest BCUT2D eigenvalue weighted by Crippen LogP contribution is 2.37. The lowest BCUT2D eigenvalue weighted by molar-refractivity contribution is 0.610. The van der Waals surface area contributed by atoms with Gasteiger partial charge in [0, 0.05) is 28.6 Å². The number of hydrogen-bond acceptors (Lipinski definition) is 1. The standard InChI is InChI=1S/C14H17BrN2/c1-17-9-10(5-6-14(16)7-8-14)11-3-2-4-12(15)13(11)17/h2-4,9H,5-8,16H2,1H3. The molecule has 0 amide bonds. The van der Waals surface area contributed by atoms with E-state index in [4.69, 9.17) is 5.73 Å². The van der Waals surface area contributed by atoms with Crippen molar-refractivity contribution < 1.29 is 0 Å². The van der Waals surface area contributed by atoms with E-state index in [0.717, 1.165) is 17.3 Å². The maximum absolute atomic E-state index is 6.16. The Morgan fingerprint density at radius 2 is 2.18 bits per heavy atom. The first-order valence-electron chi connectivity index (χ1n) is 6.10. The van der Waals surface area contributed by atoms with E-state index in [0.29, 0.717) is 0 Å². The first kappa shape index (κ1) is 11.3. The zero-order valence-electron chi connectivity index (χ0n) is 10.0. The summed E-state index contributed by atoms with van der Waals surface area (Å²) in [6.07, 6.45) is 6.83. The fourth-order valence-electron chi connectivity index (χ4n) is 2.49. The maximum atomic E-state index is 6.16. The van der Waals surface area contributed by atoms with Gasteiger partial charge in [-0.15, -0.1) is 0 Å². The van der Waals surface area contributed by atoms with Crippen molar-refractivity contribution in [1.29, 1.82) is 0 Å². The Hall–Kier alpha value is -0.800. The molecule has 3 heteroatoms. The molecule has 0 aliphatic heterocycles. The van der Waals surface area contributed by atoms with Crippen LogP contribution < -0.4 is 5.73 Å². The average molecular weight is 293 g/mol. The van der Waals surface area contributed by atoms with Gasteiger partial charge in [-0.25, -0.2) is 0 Å². The molecular formula is C14H17BrN2. The summed E-state index contributed by atoms with van der Waals surface area (Å²) in [7, 11) is 2.10. The molecule has 2 aromatic rings. The zero-order valence-corrected chi connectivity index (χ0v) is 11.6. The van der Waals surface area contributed by atoms with Crippen molar-refractivity contribution in [3.63, 3.8) is 0 Å². The summed E-state index contributed by atoms with van der Waals surface area (Å²) in [5, 5.41) is 1.35. The van der Waals surface area contributed by atoms with Crippen LogP contribution in [0, 0.1) is 0 Å². The van der Waals surface area contributed by atoms with Crippen LogP contribution in [0.3, 0.4) is 0 Å². The Kier molecular flexibility index (Phi) is 2.56. The largest absolute Gasteiger partial charge is 0.349 e. The molecule has 0 unspecified atom stereocenters. The van der Waals surface area contributed by atoms with Crippen molar-refractivity contribution in [2.45, 2.75) is 31.2 Å². The molecule has 0 spiro atoms. The third-order valence-corrected chi connectivity index (χ3v) is 4.46. The summed E-state index contributed by atoms with van der Waals surface area (Å²) >= 11 is 3.62. The van der Waals surface area contributed by atoms with E-state index in [2.05, 4.69) is 51.9 Å². The highest BCUT2D eigenvalue weighted by atomic mass is 79.9. The van der Waals surface area contributed by atoms with Gasteiger partial charge in [-0.05, 0) is 53.2 Å². The third-order valence-electron chi connectivity index (χ3n) is 3.82. The van der Waals surface area contributed by atoms with Crippen molar-refractivity contribution >= 4 is 26.8 Å². The minimum Gasteiger partial charge on any atom is -0.349 e. The number of benzene rings is 1. The second-order valence-electron chi connectivity index (χ2n) is 5.26. The first-order valence-corrected chi connectivity index (χ1v) is 6.90. The Bertz CT molecular complexity index is 567. The lowest BCUT2D eigenvalue weighted by Gasteiger charge is -2.06. The molecule has 0 bridgehead atoms. The van der Waals surface area contributed by atoms with Crippen LogP contribution in [-0.4, -0.2) is 10.1 Å². The Balaban J connectivity index is 1.96. The molecule has 2 N–H and O–H groups in total. The second kappa shape index (κ2) is 3.85. The van der Waals surface area contributed by atoms with Crippen LogP contribution in [0.15, 0.2) is 28.9 Å².